The highest BCUT2D eigenvalue weighted by atomic mass is 19.3. The number of methoxy groups -OCH3 is 1. The van der Waals surface area contributed by atoms with Crippen molar-refractivity contribution < 1.29 is 22.7 Å². The van der Waals surface area contributed by atoms with E-state index in [0.717, 1.165) is 12.0 Å². The number of hydrogen-bond acceptors (Lipinski definition) is 4. The van der Waals surface area contributed by atoms with Gasteiger partial charge in [0.15, 0.2) is 5.43 Å². The van der Waals surface area contributed by atoms with E-state index in [0.29, 0.717) is 29.7 Å². The summed E-state index contributed by atoms with van der Waals surface area (Å²) in [5, 5.41) is 0.238. The summed E-state index contributed by atoms with van der Waals surface area (Å²) in [7, 11) is 1.51. The van der Waals surface area contributed by atoms with Crippen LogP contribution < -0.4 is 15.9 Å². The van der Waals surface area contributed by atoms with Crippen molar-refractivity contribution in [2.45, 2.75) is 44.4 Å². The summed E-state index contributed by atoms with van der Waals surface area (Å²) < 4.78 is 46.6. The van der Waals surface area contributed by atoms with Crippen LogP contribution in [0.5, 0.6) is 5.75 Å². The number of fused-ring (bicyclic) bond motifs is 2. The summed E-state index contributed by atoms with van der Waals surface area (Å²) in [5.41, 5.74) is 6.76. The molecule has 1 amide bonds. The van der Waals surface area contributed by atoms with E-state index < -0.39 is 17.7 Å². The van der Waals surface area contributed by atoms with Gasteiger partial charge in [-0.3, -0.25) is 14.6 Å². The Balaban J connectivity index is 0.000000172. The third-order valence-corrected chi connectivity index (χ3v) is 7.05. The number of carbonyl (C=O) groups is 1. The van der Waals surface area contributed by atoms with E-state index in [4.69, 9.17) is 10.5 Å². The second-order valence-corrected chi connectivity index (χ2v) is 8.84. The molecule has 5 rings (SSSR count). The fourth-order valence-electron chi connectivity index (χ4n) is 5.49. The largest absolute Gasteiger partial charge is 0.496 e. The molecule has 3 N–H and O–H groups in total. The fraction of sp³-hybridized carbons (Fsp3) is 0.400. The quantitative estimate of drug-likeness (QED) is 0.576. The lowest BCUT2D eigenvalue weighted by molar-refractivity contribution is -0.0409. The smallest absolute Gasteiger partial charge is 0.268 e. The third-order valence-electron chi connectivity index (χ3n) is 7.05. The van der Waals surface area contributed by atoms with Gasteiger partial charge in [-0.05, 0) is 55.7 Å². The number of carbonyl (C=O) groups excluding carboxylic acids is 1. The number of primary amides is 1. The molecule has 2 saturated carbocycles. The maximum Gasteiger partial charge on any atom is 0.268 e. The number of ether oxygens (including phenoxy) is 1. The molecule has 0 bridgehead atoms. The average Bonchev–Trinajstić information content (AvgIpc) is 3.36. The van der Waals surface area contributed by atoms with Crippen LogP contribution in [0.25, 0.3) is 10.9 Å². The molecule has 0 radical (unpaired) electrons. The maximum atomic E-state index is 13.8. The minimum atomic E-state index is -2.53. The Hall–Kier alpha value is -3.36. The van der Waals surface area contributed by atoms with Crippen molar-refractivity contribution in [3.05, 3.63) is 69.5 Å². The maximum absolute atomic E-state index is 13.8. The lowest BCUT2D eigenvalue weighted by Gasteiger charge is -2.23. The molecule has 2 fully saturated rings. The molecule has 180 valence electrons. The van der Waals surface area contributed by atoms with Crippen molar-refractivity contribution >= 4 is 16.8 Å². The van der Waals surface area contributed by atoms with Gasteiger partial charge in [-0.2, -0.15) is 0 Å². The number of amides is 1. The number of rotatable bonds is 3. The number of H-pyrrole nitrogens is 1. The monoisotopic (exact) mass is 473 g/mol. The molecule has 2 aliphatic carbocycles. The molecule has 1 aromatic carbocycles. The molecular weight excluding hydrogens is 447 g/mol. The van der Waals surface area contributed by atoms with Gasteiger partial charge in [0.2, 0.25) is 0 Å². The van der Waals surface area contributed by atoms with E-state index in [1.54, 1.807) is 19.1 Å². The Kier molecular flexibility index (Phi) is 6.38. The van der Waals surface area contributed by atoms with Crippen LogP contribution in [0.15, 0.2) is 41.5 Å². The second kappa shape index (κ2) is 9.12. The van der Waals surface area contributed by atoms with Gasteiger partial charge in [0, 0.05) is 36.4 Å². The van der Waals surface area contributed by atoms with Crippen molar-refractivity contribution in [2.24, 2.45) is 17.6 Å². The van der Waals surface area contributed by atoms with Gasteiger partial charge in [-0.1, -0.05) is 6.07 Å². The number of benzene rings is 1. The molecule has 0 aliphatic heterocycles. The number of aromatic amines is 1. The van der Waals surface area contributed by atoms with Crippen LogP contribution in [0, 0.1) is 24.6 Å². The van der Waals surface area contributed by atoms with Crippen LogP contribution in [0.1, 0.15) is 53.2 Å². The molecular formula is C25H26F3N3O3. The topological polar surface area (TPSA) is 98.1 Å². The van der Waals surface area contributed by atoms with E-state index >= 15 is 0 Å². The Labute approximate surface area is 194 Å². The summed E-state index contributed by atoms with van der Waals surface area (Å²) >= 11 is 0. The lowest BCUT2D eigenvalue weighted by atomic mass is 9.85. The van der Waals surface area contributed by atoms with E-state index in [9.17, 15) is 22.8 Å². The van der Waals surface area contributed by atoms with E-state index in [2.05, 4.69) is 9.97 Å². The minimum absolute atomic E-state index is 0.00348. The van der Waals surface area contributed by atoms with E-state index in [1.807, 2.05) is 0 Å². The van der Waals surface area contributed by atoms with Crippen LogP contribution >= 0.6 is 0 Å². The summed E-state index contributed by atoms with van der Waals surface area (Å²) in [5.74, 6) is -3.44. The van der Waals surface area contributed by atoms with E-state index in [1.165, 1.54) is 31.6 Å². The van der Waals surface area contributed by atoms with Gasteiger partial charge < -0.3 is 15.5 Å². The normalized spacial score (nSPS) is 22.7. The summed E-state index contributed by atoms with van der Waals surface area (Å²) in [4.78, 5) is 29.0. The Morgan fingerprint density at radius 1 is 1.21 bits per heavy atom. The van der Waals surface area contributed by atoms with Crippen LogP contribution in [-0.4, -0.2) is 28.9 Å². The molecule has 2 aromatic heterocycles. The SMILES string of the molecule is COc1c(C2CC[C@H]3[C@@H]2CCC3(F)F)ccc(F)c1C.NC(=O)c1nccc2[nH]ccc(=O)c12. The molecule has 0 spiro atoms. The highest BCUT2D eigenvalue weighted by molar-refractivity contribution is 6.03. The van der Waals surface area contributed by atoms with Crippen molar-refractivity contribution in [1.29, 1.82) is 0 Å². The van der Waals surface area contributed by atoms with Crippen LogP contribution in [0.3, 0.4) is 0 Å². The number of pyridine rings is 2. The fourth-order valence-corrected chi connectivity index (χ4v) is 5.49. The molecule has 0 saturated heterocycles. The first-order valence-corrected chi connectivity index (χ1v) is 11.1. The van der Waals surface area contributed by atoms with Gasteiger partial charge >= 0.3 is 0 Å². The first-order chi connectivity index (χ1) is 16.2. The number of halogens is 3. The van der Waals surface area contributed by atoms with Crippen molar-refractivity contribution in [2.75, 3.05) is 7.11 Å². The molecule has 9 heteroatoms. The van der Waals surface area contributed by atoms with Crippen LogP contribution in [0.4, 0.5) is 13.2 Å². The molecule has 6 nitrogen and oxygen atoms in total. The number of nitrogens with zero attached hydrogens (tertiary/aromatic N) is 1. The van der Waals surface area contributed by atoms with Gasteiger partial charge in [0.25, 0.3) is 11.8 Å². The van der Waals surface area contributed by atoms with Gasteiger partial charge in [0.1, 0.15) is 17.3 Å². The molecule has 2 heterocycles. The zero-order chi connectivity index (χ0) is 24.6. The van der Waals surface area contributed by atoms with Crippen molar-refractivity contribution in [3.63, 3.8) is 0 Å². The van der Waals surface area contributed by atoms with Gasteiger partial charge in [-0.15, -0.1) is 0 Å². The number of hydrogen-bond donors (Lipinski definition) is 2. The van der Waals surface area contributed by atoms with E-state index in [-0.39, 0.29) is 40.6 Å². The summed E-state index contributed by atoms with van der Waals surface area (Å²) in [6.45, 7) is 1.67. The lowest BCUT2D eigenvalue weighted by Crippen LogP contribution is -2.23. The first kappa shape index (κ1) is 23.8. The average molecular weight is 473 g/mol. The molecule has 3 aromatic rings. The molecule has 2 aliphatic rings. The second-order valence-electron chi connectivity index (χ2n) is 8.84. The molecule has 3 atom stereocenters. The van der Waals surface area contributed by atoms with Crippen LogP contribution in [-0.2, 0) is 0 Å². The summed E-state index contributed by atoms with van der Waals surface area (Å²) in [6, 6.07) is 6.08. The van der Waals surface area contributed by atoms with Crippen LogP contribution in [0.2, 0.25) is 0 Å². The predicted octanol–water partition coefficient (Wildman–Crippen LogP) is 4.70. The zero-order valence-electron chi connectivity index (χ0n) is 18.9. The predicted molar refractivity (Wildman–Crippen MR) is 122 cm³/mol. The Morgan fingerprint density at radius 3 is 2.68 bits per heavy atom. The van der Waals surface area contributed by atoms with Crippen molar-refractivity contribution in [3.8, 4) is 5.75 Å². The number of aromatic nitrogens is 2. The number of alkyl halides is 2. The van der Waals surface area contributed by atoms with Crippen molar-refractivity contribution in [1.82, 2.24) is 9.97 Å². The third kappa shape index (κ3) is 4.15. The number of nitrogens with two attached hydrogens (primary N) is 1. The Bertz CT molecular complexity index is 1290. The minimum Gasteiger partial charge on any atom is -0.496 e. The first-order valence-electron chi connectivity index (χ1n) is 11.1. The highest BCUT2D eigenvalue weighted by Crippen LogP contribution is 2.59. The Morgan fingerprint density at radius 2 is 1.97 bits per heavy atom. The molecule has 34 heavy (non-hydrogen) atoms. The molecule has 1 unspecified atom stereocenters. The van der Waals surface area contributed by atoms with Gasteiger partial charge in [-0.25, -0.2) is 13.2 Å². The number of nitrogens with one attached hydrogen (secondary N) is 1. The standard InChI is InChI=1S/C16H19F3O.C9H7N3O2/c1-9-14(17)6-4-12(15(9)20-2)10-3-5-13-11(10)7-8-16(13,18)19;10-9(14)8-7-5(1-3-12-8)11-4-2-6(7)13/h4,6,10-11,13H,3,5,7-8H2,1-2H3;1-4H,(H2,10,14)(H,11,13)/t10?,11-,13+;/m1./s1. The zero-order valence-corrected chi connectivity index (χ0v) is 18.9. The van der Waals surface area contributed by atoms with Gasteiger partial charge in [0.05, 0.1) is 18.0 Å². The summed E-state index contributed by atoms with van der Waals surface area (Å²) in [6.07, 6.45) is 4.78. The highest BCUT2D eigenvalue weighted by Gasteiger charge is 2.55.